The molecular formula is C32H33Br3N6O9S3. The highest BCUT2D eigenvalue weighted by atomic mass is 79.9. The van der Waals surface area contributed by atoms with Crippen LogP contribution in [-0.2, 0) is 30.1 Å². The lowest BCUT2D eigenvalue weighted by atomic mass is 10.4. The summed E-state index contributed by atoms with van der Waals surface area (Å²) in [5.41, 5.74) is 0.884. The van der Waals surface area contributed by atoms with Gasteiger partial charge in [-0.15, -0.1) is 0 Å². The number of hydrogen-bond donors (Lipinski definition) is 3. The number of nitrogens with zero attached hydrogens (tertiary/aromatic N) is 3. The fourth-order valence-electron chi connectivity index (χ4n) is 3.88. The molecule has 3 N–H and O–H groups in total. The Morgan fingerprint density at radius 3 is 1.25 bits per heavy atom. The van der Waals surface area contributed by atoms with Gasteiger partial charge in [0.1, 0.15) is 17.1 Å². The number of ether oxygens (including phenoxy) is 3. The van der Waals surface area contributed by atoms with Crippen LogP contribution in [0.15, 0.2) is 121 Å². The molecule has 0 fully saturated rings. The van der Waals surface area contributed by atoms with E-state index in [1.54, 1.807) is 67.7 Å². The van der Waals surface area contributed by atoms with Crippen molar-refractivity contribution >= 4 is 94.9 Å². The van der Waals surface area contributed by atoms with Crippen LogP contribution < -0.4 is 28.4 Å². The summed E-state index contributed by atoms with van der Waals surface area (Å²) in [6.07, 6.45) is 5.66. The molecule has 53 heavy (non-hydrogen) atoms. The van der Waals surface area contributed by atoms with Crippen molar-refractivity contribution < 1.29 is 39.5 Å². The van der Waals surface area contributed by atoms with E-state index in [2.05, 4.69) is 76.9 Å². The topological polar surface area (TPSA) is 205 Å². The van der Waals surface area contributed by atoms with E-state index >= 15 is 0 Å². The second kappa shape index (κ2) is 19.9. The maximum Gasteiger partial charge on any atom is 0.262 e. The van der Waals surface area contributed by atoms with E-state index < -0.39 is 30.1 Å². The summed E-state index contributed by atoms with van der Waals surface area (Å²) in [5.74, 6) is 0.691. The maximum absolute atomic E-state index is 12.3. The van der Waals surface area contributed by atoms with Gasteiger partial charge in [-0.25, -0.2) is 40.2 Å². The monoisotopic (exact) mass is 978 g/mol. The number of methoxy groups -OCH3 is 2. The van der Waals surface area contributed by atoms with Crippen LogP contribution >= 0.6 is 47.8 Å². The van der Waals surface area contributed by atoms with Gasteiger partial charge in [0.25, 0.3) is 20.0 Å². The molecule has 5 aromatic rings. The van der Waals surface area contributed by atoms with Crippen molar-refractivity contribution in [3.8, 4) is 17.6 Å². The molecule has 0 aliphatic carbocycles. The lowest BCUT2D eigenvalue weighted by molar-refractivity contribution is 0.328. The number of halogens is 3. The van der Waals surface area contributed by atoms with Crippen LogP contribution in [0.1, 0.15) is 6.92 Å². The van der Waals surface area contributed by atoms with Crippen LogP contribution in [0.25, 0.3) is 0 Å². The SMILES string of the molecule is CCOc1ncc(Br)cc1NS(=O)(=O)c1ccccc1.COc1ncc(Br)cc1NS(=O)(=O)c1ccccc1.COc1ncc(Br)cc1NS(C)(=O)=O. The number of sulfonamides is 3. The van der Waals surface area contributed by atoms with E-state index in [0.717, 1.165) is 6.26 Å². The van der Waals surface area contributed by atoms with Gasteiger partial charge >= 0.3 is 0 Å². The van der Waals surface area contributed by atoms with E-state index in [4.69, 9.17) is 14.2 Å². The van der Waals surface area contributed by atoms with Gasteiger partial charge in [-0.1, -0.05) is 36.4 Å². The Hall–Kier alpha value is -4.02. The number of rotatable bonds is 12. The van der Waals surface area contributed by atoms with Crippen LogP contribution in [0.2, 0.25) is 0 Å². The van der Waals surface area contributed by atoms with Crippen LogP contribution in [0.3, 0.4) is 0 Å². The number of anilines is 3. The third-order valence-corrected chi connectivity index (χ3v) is 10.7. The van der Waals surface area contributed by atoms with Crippen molar-refractivity contribution in [2.75, 3.05) is 41.2 Å². The summed E-state index contributed by atoms with van der Waals surface area (Å²) < 4.78 is 95.2. The molecule has 3 heterocycles. The molecule has 0 saturated carbocycles. The van der Waals surface area contributed by atoms with E-state index in [1.165, 1.54) is 50.9 Å². The Morgan fingerprint density at radius 2 is 0.906 bits per heavy atom. The first kappa shape index (κ1) is 43.4. The molecule has 0 bridgehead atoms. The molecular weight excluding hydrogens is 948 g/mol. The summed E-state index contributed by atoms with van der Waals surface area (Å²) in [6.45, 7) is 2.20. The summed E-state index contributed by atoms with van der Waals surface area (Å²) in [4.78, 5) is 12.3. The average Bonchev–Trinajstić information content (AvgIpc) is 3.10. The van der Waals surface area contributed by atoms with E-state index in [9.17, 15) is 25.3 Å². The zero-order valence-corrected chi connectivity index (χ0v) is 35.5. The molecule has 0 radical (unpaired) electrons. The molecule has 3 aromatic heterocycles. The fourth-order valence-corrected chi connectivity index (χ4v) is 7.56. The molecule has 2 aromatic carbocycles. The highest BCUT2D eigenvalue weighted by molar-refractivity contribution is 9.11. The van der Waals surface area contributed by atoms with Gasteiger partial charge in [-0.05, 0) is 97.2 Å². The molecule has 0 amide bonds. The molecule has 0 atom stereocenters. The Morgan fingerprint density at radius 1 is 0.566 bits per heavy atom. The van der Waals surface area contributed by atoms with E-state index in [0.29, 0.717) is 31.4 Å². The van der Waals surface area contributed by atoms with E-state index in [-0.39, 0.29) is 33.1 Å². The van der Waals surface area contributed by atoms with Crippen molar-refractivity contribution in [2.24, 2.45) is 0 Å². The third kappa shape index (κ3) is 14.0. The molecule has 0 spiro atoms. The summed E-state index contributed by atoms with van der Waals surface area (Å²) in [6, 6.07) is 21.0. The van der Waals surface area contributed by atoms with Crippen LogP contribution in [0.5, 0.6) is 17.6 Å². The lowest BCUT2D eigenvalue weighted by Crippen LogP contribution is -2.14. The molecule has 0 unspecified atom stereocenters. The quantitative estimate of drug-likeness (QED) is 0.117. The van der Waals surface area contributed by atoms with Crippen LogP contribution in [0.4, 0.5) is 17.1 Å². The second-order valence-electron chi connectivity index (χ2n) is 10.1. The predicted octanol–water partition coefficient (Wildman–Crippen LogP) is 6.92. The summed E-state index contributed by atoms with van der Waals surface area (Å²) in [5, 5.41) is 0. The number of nitrogens with one attached hydrogen (secondary N) is 3. The first-order valence-corrected chi connectivity index (χ1v) is 22.0. The first-order valence-electron chi connectivity index (χ1n) is 14.8. The fraction of sp³-hybridized carbons (Fsp3) is 0.156. The second-order valence-corrected chi connectivity index (χ2v) is 17.9. The third-order valence-electron chi connectivity index (χ3n) is 6.01. The Labute approximate surface area is 333 Å². The van der Waals surface area contributed by atoms with E-state index in [1.807, 2.05) is 0 Å². The molecule has 284 valence electrons. The predicted molar refractivity (Wildman–Crippen MR) is 213 cm³/mol. The van der Waals surface area contributed by atoms with Gasteiger partial charge in [0.15, 0.2) is 0 Å². The van der Waals surface area contributed by atoms with Crippen molar-refractivity contribution in [2.45, 2.75) is 16.7 Å². The van der Waals surface area contributed by atoms with Crippen LogP contribution in [-0.4, -0.2) is 67.3 Å². The molecule has 0 aliphatic heterocycles. The molecule has 5 rings (SSSR count). The van der Waals surface area contributed by atoms with Gasteiger partial charge in [-0.3, -0.25) is 14.2 Å². The maximum atomic E-state index is 12.3. The Kier molecular flexibility index (Phi) is 16.3. The highest BCUT2D eigenvalue weighted by Gasteiger charge is 2.18. The number of benzene rings is 2. The minimum atomic E-state index is -3.66. The van der Waals surface area contributed by atoms with Gasteiger partial charge < -0.3 is 14.2 Å². The molecule has 21 heteroatoms. The number of aromatic nitrogens is 3. The normalized spacial score (nSPS) is 11.1. The molecule has 0 aliphatic rings. The Bertz CT molecular complexity index is 2310. The number of pyridine rings is 3. The van der Waals surface area contributed by atoms with Crippen molar-refractivity contribution in [3.63, 3.8) is 0 Å². The van der Waals surface area contributed by atoms with Gasteiger partial charge in [0.05, 0.1) is 36.9 Å². The lowest BCUT2D eigenvalue weighted by Gasteiger charge is -2.12. The van der Waals surface area contributed by atoms with Gasteiger partial charge in [0, 0.05) is 32.0 Å². The van der Waals surface area contributed by atoms with Crippen LogP contribution in [0, 0.1) is 0 Å². The first-order chi connectivity index (χ1) is 25.0. The number of hydrogen-bond acceptors (Lipinski definition) is 12. The highest BCUT2D eigenvalue weighted by Crippen LogP contribution is 2.29. The Balaban J connectivity index is 0.000000218. The minimum Gasteiger partial charge on any atom is -0.479 e. The van der Waals surface area contributed by atoms with Gasteiger partial charge in [0.2, 0.25) is 27.7 Å². The summed E-state index contributed by atoms with van der Waals surface area (Å²) >= 11 is 9.67. The van der Waals surface area contributed by atoms with Gasteiger partial charge in [-0.2, -0.15) is 0 Å². The smallest absolute Gasteiger partial charge is 0.262 e. The van der Waals surface area contributed by atoms with Crippen molar-refractivity contribution in [1.29, 1.82) is 0 Å². The average molecular weight is 982 g/mol. The minimum absolute atomic E-state index is 0.178. The van der Waals surface area contributed by atoms with Crippen molar-refractivity contribution in [3.05, 3.63) is 111 Å². The largest absolute Gasteiger partial charge is 0.479 e. The summed E-state index contributed by atoms with van der Waals surface area (Å²) in [7, 11) is -7.79. The van der Waals surface area contributed by atoms with Crippen molar-refractivity contribution in [1.82, 2.24) is 15.0 Å². The molecule has 0 saturated heterocycles. The molecule has 15 nitrogen and oxygen atoms in total. The zero-order chi connectivity index (χ0) is 39.2. The zero-order valence-electron chi connectivity index (χ0n) is 28.3. The standard InChI is InChI=1S/C13H13BrN2O3S.C12H11BrN2O3S.C7H9BrN2O3S/c1-2-19-13-12(8-10(14)9-15-13)16-20(17,18)11-6-4-3-5-7-11;1-18-12-11(7-9(13)8-14-12)15-19(16,17)10-5-3-2-4-6-10;1-13-7-6(10-14(2,11)12)3-5(8)4-9-7/h3-9,16H,2H2,1H3;2-8,15H,1H3;3-4,10H,1-2H3.